The zero-order chi connectivity index (χ0) is 11.0. The maximum atomic E-state index is 6.13. The highest BCUT2D eigenvalue weighted by molar-refractivity contribution is 7.22. The first-order valence-corrected chi connectivity index (χ1v) is 6.84. The lowest BCUT2D eigenvalue weighted by Crippen LogP contribution is -2.13. The van der Waals surface area contributed by atoms with Crippen LogP contribution in [0.5, 0.6) is 0 Å². The molecule has 0 radical (unpaired) electrons. The molecule has 1 saturated carbocycles. The Morgan fingerprint density at radius 1 is 1.31 bits per heavy atom. The molecule has 0 spiro atoms. The van der Waals surface area contributed by atoms with Crippen molar-refractivity contribution in [1.29, 1.82) is 0 Å². The number of rotatable bonds is 2. The van der Waals surface area contributed by atoms with E-state index in [4.69, 9.17) is 11.6 Å². The van der Waals surface area contributed by atoms with Gasteiger partial charge in [0.05, 0.1) is 15.2 Å². The minimum atomic E-state index is 0.610. The predicted molar refractivity (Wildman–Crippen MR) is 70.5 cm³/mol. The van der Waals surface area contributed by atoms with Crippen LogP contribution in [0.4, 0.5) is 5.13 Å². The zero-order valence-electron chi connectivity index (χ0n) is 8.87. The van der Waals surface area contributed by atoms with E-state index in [0.717, 1.165) is 20.4 Å². The average molecular weight is 253 g/mol. The summed E-state index contributed by atoms with van der Waals surface area (Å²) >= 11 is 7.79. The van der Waals surface area contributed by atoms with Crippen LogP contribution in [0.3, 0.4) is 0 Å². The minimum absolute atomic E-state index is 0.610. The van der Waals surface area contributed by atoms with Gasteiger partial charge in [0, 0.05) is 6.04 Å². The molecule has 2 aromatic rings. The summed E-state index contributed by atoms with van der Waals surface area (Å²) in [5.74, 6) is 0. The van der Waals surface area contributed by atoms with Gasteiger partial charge in [0.2, 0.25) is 0 Å². The van der Waals surface area contributed by atoms with Crippen molar-refractivity contribution >= 4 is 38.3 Å². The van der Waals surface area contributed by atoms with Crippen molar-refractivity contribution in [3.63, 3.8) is 0 Å². The number of aromatic nitrogens is 1. The van der Waals surface area contributed by atoms with Crippen LogP contribution >= 0.6 is 22.9 Å². The smallest absolute Gasteiger partial charge is 0.184 e. The second kappa shape index (κ2) is 4.22. The predicted octanol–water partition coefficient (Wildman–Crippen LogP) is 4.30. The van der Waals surface area contributed by atoms with Gasteiger partial charge in [0.25, 0.3) is 0 Å². The molecule has 0 unspecified atom stereocenters. The van der Waals surface area contributed by atoms with Gasteiger partial charge < -0.3 is 5.32 Å². The van der Waals surface area contributed by atoms with E-state index in [-0.39, 0.29) is 0 Å². The van der Waals surface area contributed by atoms with Crippen LogP contribution in [0.15, 0.2) is 18.2 Å². The number of benzene rings is 1. The van der Waals surface area contributed by atoms with Gasteiger partial charge in [-0.1, -0.05) is 41.8 Å². The summed E-state index contributed by atoms with van der Waals surface area (Å²) in [6, 6.07) is 6.49. The molecule has 84 valence electrons. The molecule has 1 aromatic carbocycles. The monoisotopic (exact) mass is 252 g/mol. The molecule has 0 saturated heterocycles. The molecule has 3 rings (SSSR count). The van der Waals surface area contributed by atoms with Crippen molar-refractivity contribution < 1.29 is 0 Å². The van der Waals surface area contributed by atoms with Crippen molar-refractivity contribution in [3.05, 3.63) is 23.2 Å². The van der Waals surface area contributed by atoms with Crippen LogP contribution in [0.25, 0.3) is 10.2 Å². The van der Waals surface area contributed by atoms with Crippen LogP contribution in [-0.4, -0.2) is 11.0 Å². The summed E-state index contributed by atoms with van der Waals surface area (Å²) in [6.45, 7) is 0. The Bertz CT molecular complexity index is 503. The number of fused-ring (bicyclic) bond motifs is 1. The molecule has 0 amide bonds. The lowest BCUT2D eigenvalue weighted by atomic mass is 10.3. The highest BCUT2D eigenvalue weighted by Crippen LogP contribution is 2.33. The summed E-state index contributed by atoms with van der Waals surface area (Å²) in [5, 5.41) is 5.32. The molecule has 1 N–H and O–H groups in total. The van der Waals surface area contributed by atoms with Gasteiger partial charge in [-0.15, -0.1) is 0 Å². The van der Waals surface area contributed by atoms with Crippen molar-refractivity contribution in [2.24, 2.45) is 0 Å². The van der Waals surface area contributed by atoms with Gasteiger partial charge in [0.15, 0.2) is 5.13 Å². The molecule has 1 aliphatic carbocycles. The molecule has 2 nitrogen and oxygen atoms in total. The second-order valence-electron chi connectivity index (χ2n) is 4.23. The van der Waals surface area contributed by atoms with Crippen LogP contribution in [0.2, 0.25) is 5.02 Å². The lowest BCUT2D eigenvalue weighted by molar-refractivity contribution is 0.754. The van der Waals surface area contributed by atoms with Crippen molar-refractivity contribution in [2.75, 3.05) is 5.32 Å². The maximum Gasteiger partial charge on any atom is 0.184 e. The molecule has 4 heteroatoms. The molecular weight excluding hydrogens is 240 g/mol. The third-order valence-electron chi connectivity index (χ3n) is 3.05. The summed E-state index contributed by atoms with van der Waals surface area (Å²) in [7, 11) is 0. The summed E-state index contributed by atoms with van der Waals surface area (Å²) in [5.41, 5.74) is 0.998. The van der Waals surface area contributed by atoms with E-state index in [0.29, 0.717) is 6.04 Å². The number of halogens is 1. The van der Waals surface area contributed by atoms with E-state index in [9.17, 15) is 0 Å². The Hall–Kier alpha value is -0.800. The number of hydrogen-bond acceptors (Lipinski definition) is 3. The SMILES string of the molecule is Clc1cccc2nc(NC3CCCC3)sc12. The van der Waals surface area contributed by atoms with Gasteiger partial charge in [-0.05, 0) is 25.0 Å². The quantitative estimate of drug-likeness (QED) is 0.862. The van der Waals surface area contributed by atoms with Crippen LogP contribution in [-0.2, 0) is 0 Å². The zero-order valence-corrected chi connectivity index (χ0v) is 10.4. The van der Waals surface area contributed by atoms with Gasteiger partial charge >= 0.3 is 0 Å². The van der Waals surface area contributed by atoms with E-state index in [1.165, 1.54) is 25.7 Å². The molecule has 16 heavy (non-hydrogen) atoms. The Balaban J connectivity index is 1.90. The van der Waals surface area contributed by atoms with Gasteiger partial charge in [-0.25, -0.2) is 4.98 Å². The van der Waals surface area contributed by atoms with Crippen LogP contribution in [0, 0.1) is 0 Å². The molecule has 1 heterocycles. The topological polar surface area (TPSA) is 24.9 Å². The molecular formula is C12H13ClN2S. The first-order chi connectivity index (χ1) is 7.83. The van der Waals surface area contributed by atoms with E-state index >= 15 is 0 Å². The minimum Gasteiger partial charge on any atom is -0.359 e. The largest absolute Gasteiger partial charge is 0.359 e. The molecule has 1 aromatic heterocycles. The maximum absolute atomic E-state index is 6.13. The Morgan fingerprint density at radius 2 is 2.12 bits per heavy atom. The number of anilines is 1. The Morgan fingerprint density at radius 3 is 2.88 bits per heavy atom. The fourth-order valence-electron chi connectivity index (χ4n) is 2.22. The molecule has 1 aliphatic rings. The van der Waals surface area contributed by atoms with Gasteiger partial charge in [-0.3, -0.25) is 0 Å². The average Bonchev–Trinajstić information content (AvgIpc) is 2.88. The molecule has 0 aliphatic heterocycles. The van der Waals surface area contributed by atoms with Crippen molar-refractivity contribution in [1.82, 2.24) is 4.98 Å². The van der Waals surface area contributed by atoms with E-state index in [1.807, 2.05) is 18.2 Å². The van der Waals surface area contributed by atoms with E-state index in [1.54, 1.807) is 11.3 Å². The third-order valence-corrected chi connectivity index (χ3v) is 4.51. The van der Waals surface area contributed by atoms with Crippen LogP contribution < -0.4 is 5.32 Å². The first kappa shape index (κ1) is 10.4. The summed E-state index contributed by atoms with van der Waals surface area (Å²) in [4.78, 5) is 4.56. The van der Waals surface area contributed by atoms with E-state index < -0.39 is 0 Å². The number of nitrogens with one attached hydrogen (secondary N) is 1. The fourth-order valence-corrected chi connectivity index (χ4v) is 3.45. The number of thiazole rings is 1. The van der Waals surface area contributed by atoms with E-state index in [2.05, 4.69) is 10.3 Å². The van der Waals surface area contributed by atoms with Crippen molar-refractivity contribution in [2.45, 2.75) is 31.7 Å². The molecule has 0 atom stereocenters. The molecule has 1 fully saturated rings. The number of hydrogen-bond donors (Lipinski definition) is 1. The normalized spacial score (nSPS) is 17.1. The summed E-state index contributed by atoms with van der Waals surface area (Å²) in [6.07, 6.45) is 5.21. The first-order valence-electron chi connectivity index (χ1n) is 5.64. The Kier molecular flexibility index (Phi) is 2.74. The lowest BCUT2D eigenvalue weighted by Gasteiger charge is -2.09. The van der Waals surface area contributed by atoms with Gasteiger partial charge in [0.1, 0.15) is 0 Å². The van der Waals surface area contributed by atoms with Crippen LogP contribution in [0.1, 0.15) is 25.7 Å². The fraction of sp³-hybridized carbons (Fsp3) is 0.417. The third kappa shape index (κ3) is 1.89. The standard InChI is InChI=1S/C12H13ClN2S/c13-9-6-3-7-10-11(9)16-12(15-10)14-8-4-1-2-5-8/h3,6-8H,1-2,4-5H2,(H,14,15). The highest BCUT2D eigenvalue weighted by atomic mass is 35.5. The molecule has 0 bridgehead atoms. The second-order valence-corrected chi connectivity index (χ2v) is 5.64. The highest BCUT2D eigenvalue weighted by Gasteiger charge is 2.16. The van der Waals surface area contributed by atoms with Gasteiger partial charge in [-0.2, -0.15) is 0 Å². The summed E-state index contributed by atoms with van der Waals surface area (Å²) < 4.78 is 1.09. The Labute approximate surface area is 104 Å². The number of nitrogens with zero attached hydrogens (tertiary/aromatic N) is 1. The van der Waals surface area contributed by atoms with Crippen molar-refractivity contribution in [3.8, 4) is 0 Å².